The van der Waals surface area contributed by atoms with E-state index in [1.807, 2.05) is 30.3 Å². The Balaban J connectivity index is 1.47. The summed E-state index contributed by atoms with van der Waals surface area (Å²) in [6.45, 7) is 0. The van der Waals surface area contributed by atoms with Gasteiger partial charge in [0, 0.05) is 6.42 Å². The standard InChI is InChI=1S/C19H24O2/c20-18(19(21)12-4-2-1-3-5-12)11-17-14-7-6-13-8-16(17)10-15(13)9-14/h1-5,13-17,19,21H,6-11H2. The van der Waals surface area contributed by atoms with E-state index < -0.39 is 6.10 Å². The predicted octanol–water partition coefficient (Wildman–Crippen LogP) is 3.75. The Morgan fingerprint density at radius 1 is 1.00 bits per heavy atom. The van der Waals surface area contributed by atoms with Crippen LogP contribution in [0.2, 0.25) is 0 Å². The van der Waals surface area contributed by atoms with Crippen molar-refractivity contribution in [3.8, 4) is 0 Å². The number of ketones is 1. The molecule has 2 heteroatoms. The number of aliphatic hydroxyl groups excluding tert-OH is 1. The molecule has 3 bridgehead atoms. The van der Waals surface area contributed by atoms with Crippen molar-refractivity contribution in [3.05, 3.63) is 35.9 Å². The molecule has 0 heterocycles. The maximum absolute atomic E-state index is 12.5. The first kappa shape index (κ1) is 13.5. The van der Waals surface area contributed by atoms with Crippen molar-refractivity contribution in [1.29, 1.82) is 0 Å². The molecule has 1 aromatic rings. The summed E-state index contributed by atoms with van der Waals surface area (Å²) in [5.74, 6) is 3.98. The molecule has 6 atom stereocenters. The number of rotatable bonds is 4. The van der Waals surface area contributed by atoms with Crippen LogP contribution in [0.15, 0.2) is 30.3 Å². The zero-order valence-corrected chi connectivity index (χ0v) is 12.4. The molecule has 0 aromatic heterocycles. The highest BCUT2D eigenvalue weighted by molar-refractivity contribution is 5.84. The van der Waals surface area contributed by atoms with Gasteiger partial charge in [-0.3, -0.25) is 4.79 Å². The van der Waals surface area contributed by atoms with Crippen LogP contribution in [0, 0.1) is 29.6 Å². The topological polar surface area (TPSA) is 37.3 Å². The summed E-state index contributed by atoms with van der Waals surface area (Å²) in [5.41, 5.74) is 0.743. The lowest BCUT2D eigenvalue weighted by molar-refractivity contribution is -0.129. The minimum absolute atomic E-state index is 0.0278. The number of hydrogen-bond acceptors (Lipinski definition) is 2. The average Bonchev–Trinajstić information content (AvgIpc) is 2.82. The molecule has 0 amide bonds. The molecule has 3 saturated carbocycles. The average molecular weight is 284 g/mol. The third kappa shape index (κ3) is 2.34. The van der Waals surface area contributed by atoms with E-state index >= 15 is 0 Å². The summed E-state index contributed by atoms with van der Waals surface area (Å²) >= 11 is 0. The molecule has 1 N–H and O–H groups in total. The first-order chi connectivity index (χ1) is 10.2. The zero-order chi connectivity index (χ0) is 14.4. The van der Waals surface area contributed by atoms with Crippen molar-refractivity contribution in [3.63, 3.8) is 0 Å². The Kier molecular flexibility index (Phi) is 3.37. The fourth-order valence-corrected chi connectivity index (χ4v) is 5.46. The zero-order valence-electron chi connectivity index (χ0n) is 12.4. The Morgan fingerprint density at radius 2 is 1.67 bits per heavy atom. The van der Waals surface area contributed by atoms with Crippen LogP contribution in [-0.4, -0.2) is 10.9 Å². The van der Waals surface area contributed by atoms with Crippen molar-refractivity contribution in [1.82, 2.24) is 0 Å². The summed E-state index contributed by atoms with van der Waals surface area (Å²) in [4.78, 5) is 12.5. The largest absolute Gasteiger partial charge is 0.381 e. The normalized spacial score (nSPS) is 38.4. The number of carbonyl (C=O) groups excluding carboxylic acids is 1. The van der Waals surface area contributed by atoms with Crippen LogP contribution < -0.4 is 0 Å². The van der Waals surface area contributed by atoms with Crippen LogP contribution in [0.1, 0.15) is 50.2 Å². The number of Topliss-reactive ketones (excluding diaryl/α,β-unsaturated/α-hetero) is 1. The molecule has 3 fully saturated rings. The molecule has 3 aliphatic rings. The molecule has 4 rings (SSSR count). The number of benzene rings is 1. The van der Waals surface area contributed by atoms with Crippen molar-refractivity contribution in [2.24, 2.45) is 29.6 Å². The Hall–Kier alpha value is -1.15. The van der Waals surface area contributed by atoms with Gasteiger partial charge in [0.15, 0.2) is 5.78 Å². The highest BCUT2D eigenvalue weighted by Gasteiger charge is 2.50. The van der Waals surface area contributed by atoms with Gasteiger partial charge in [-0.25, -0.2) is 0 Å². The van der Waals surface area contributed by atoms with Gasteiger partial charge in [0.05, 0.1) is 0 Å². The smallest absolute Gasteiger partial charge is 0.166 e. The van der Waals surface area contributed by atoms with Gasteiger partial charge < -0.3 is 5.11 Å². The molecule has 112 valence electrons. The van der Waals surface area contributed by atoms with E-state index in [1.165, 1.54) is 32.1 Å². The van der Waals surface area contributed by atoms with E-state index in [2.05, 4.69) is 0 Å². The van der Waals surface area contributed by atoms with Gasteiger partial charge in [0.2, 0.25) is 0 Å². The Morgan fingerprint density at radius 3 is 2.48 bits per heavy atom. The maximum Gasteiger partial charge on any atom is 0.166 e. The molecule has 0 radical (unpaired) electrons. The molecule has 0 aliphatic heterocycles. The van der Waals surface area contributed by atoms with Gasteiger partial charge in [0.1, 0.15) is 6.10 Å². The molecule has 3 aliphatic carbocycles. The quantitative estimate of drug-likeness (QED) is 0.914. The summed E-state index contributed by atoms with van der Waals surface area (Å²) < 4.78 is 0. The van der Waals surface area contributed by atoms with E-state index in [1.54, 1.807) is 0 Å². The first-order valence-electron chi connectivity index (χ1n) is 8.48. The second-order valence-corrected chi connectivity index (χ2v) is 7.47. The minimum Gasteiger partial charge on any atom is -0.381 e. The van der Waals surface area contributed by atoms with Crippen LogP contribution in [0.25, 0.3) is 0 Å². The van der Waals surface area contributed by atoms with Crippen LogP contribution in [0.3, 0.4) is 0 Å². The van der Waals surface area contributed by atoms with Gasteiger partial charge in [-0.2, -0.15) is 0 Å². The van der Waals surface area contributed by atoms with E-state index in [-0.39, 0.29) is 5.78 Å². The summed E-state index contributed by atoms with van der Waals surface area (Å²) in [7, 11) is 0. The molecule has 21 heavy (non-hydrogen) atoms. The molecule has 1 aromatic carbocycles. The number of fused-ring (bicyclic) bond motifs is 2. The molecule has 0 saturated heterocycles. The predicted molar refractivity (Wildman–Crippen MR) is 81.6 cm³/mol. The van der Waals surface area contributed by atoms with Gasteiger partial charge in [-0.1, -0.05) is 30.3 Å². The molecule has 0 spiro atoms. The Labute approximate surface area is 126 Å². The second kappa shape index (κ2) is 5.24. The molecular weight excluding hydrogens is 260 g/mol. The van der Waals surface area contributed by atoms with Crippen molar-refractivity contribution in [2.75, 3.05) is 0 Å². The van der Waals surface area contributed by atoms with Crippen molar-refractivity contribution >= 4 is 5.78 Å². The first-order valence-corrected chi connectivity index (χ1v) is 8.48. The van der Waals surface area contributed by atoms with E-state index in [9.17, 15) is 9.90 Å². The van der Waals surface area contributed by atoms with Gasteiger partial charge in [-0.05, 0) is 67.3 Å². The van der Waals surface area contributed by atoms with E-state index in [4.69, 9.17) is 0 Å². The van der Waals surface area contributed by atoms with Gasteiger partial charge >= 0.3 is 0 Å². The fourth-order valence-electron chi connectivity index (χ4n) is 5.46. The van der Waals surface area contributed by atoms with Crippen LogP contribution in [0.5, 0.6) is 0 Å². The monoisotopic (exact) mass is 284 g/mol. The van der Waals surface area contributed by atoms with Crippen LogP contribution in [-0.2, 0) is 4.79 Å². The lowest BCUT2D eigenvalue weighted by Crippen LogP contribution is -2.33. The van der Waals surface area contributed by atoms with E-state index in [0.717, 1.165) is 29.2 Å². The van der Waals surface area contributed by atoms with Crippen LogP contribution in [0.4, 0.5) is 0 Å². The van der Waals surface area contributed by atoms with Gasteiger partial charge in [0.25, 0.3) is 0 Å². The SMILES string of the molecule is O=C(CC1C2CCC3CC1CC3C2)C(O)c1ccccc1. The summed E-state index contributed by atoms with van der Waals surface area (Å²) in [6, 6.07) is 9.38. The summed E-state index contributed by atoms with van der Waals surface area (Å²) in [5, 5.41) is 10.3. The highest BCUT2D eigenvalue weighted by Crippen LogP contribution is 2.58. The number of aliphatic hydroxyl groups is 1. The third-order valence-electron chi connectivity index (χ3n) is 6.46. The van der Waals surface area contributed by atoms with E-state index in [0.29, 0.717) is 12.3 Å². The molecule has 6 unspecified atom stereocenters. The molecule has 2 nitrogen and oxygen atoms in total. The lowest BCUT2D eigenvalue weighted by Gasteiger charge is -2.40. The number of carbonyl (C=O) groups is 1. The minimum atomic E-state index is -0.928. The van der Waals surface area contributed by atoms with Crippen molar-refractivity contribution in [2.45, 2.75) is 44.6 Å². The fraction of sp³-hybridized carbons (Fsp3) is 0.632. The second-order valence-electron chi connectivity index (χ2n) is 7.47. The number of hydrogen-bond donors (Lipinski definition) is 1. The Bertz CT molecular complexity index is 516. The maximum atomic E-state index is 12.5. The highest BCUT2D eigenvalue weighted by atomic mass is 16.3. The summed E-state index contributed by atoms with van der Waals surface area (Å²) in [6.07, 6.45) is 6.41. The van der Waals surface area contributed by atoms with Crippen LogP contribution >= 0.6 is 0 Å². The lowest BCUT2D eigenvalue weighted by atomic mass is 9.65. The van der Waals surface area contributed by atoms with Gasteiger partial charge in [-0.15, -0.1) is 0 Å². The molecular formula is C19H24O2. The third-order valence-corrected chi connectivity index (χ3v) is 6.46. The van der Waals surface area contributed by atoms with Crippen molar-refractivity contribution < 1.29 is 9.90 Å².